The minimum absolute atomic E-state index is 0.129. The van der Waals surface area contributed by atoms with Crippen molar-refractivity contribution in [3.8, 4) is 6.07 Å². The van der Waals surface area contributed by atoms with Gasteiger partial charge in [-0.15, -0.1) is 0 Å². The Bertz CT molecular complexity index is 891. The van der Waals surface area contributed by atoms with Gasteiger partial charge in [0.25, 0.3) is 5.91 Å². The van der Waals surface area contributed by atoms with E-state index < -0.39 is 0 Å². The lowest BCUT2D eigenvalue weighted by atomic mass is 10.2. The van der Waals surface area contributed by atoms with Gasteiger partial charge in [0.2, 0.25) is 0 Å². The highest BCUT2D eigenvalue weighted by Gasteiger charge is 2.19. The van der Waals surface area contributed by atoms with E-state index in [1.807, 2.05) is 6.07 Å². The third-order valence-corrected chi connectivity index (χ3v) is 3.39. The normalized spacial score (nSPS) is 10.4. The molecule has 0 aliphatic rings. The van der Waals surface area contributed by atoms with Gasteiger partial charge >= 0.3 is 0 Å². The van der Waals surface area contributed by atoms with Crippen LogP contribution in [0.1, 0.15) is 16.1 Å². The maximum Gasteiger partial charge on any atom is 0.293 e. The van der Waals surface area contributed by atoms with Crippen LogP contribution < -0.4 is 4.90 Å². The highest BCUT2D eigenvalue weighted by Crippen LogP contribution is 2.24. The van der Waals surface area contributed by atoms with Crippen LogP contribution >= 0.6 is 0 Å². The van der Waals surface area contributed by atoms with Gasteiger partial charge in [0.15, 0.2) is 11.3 Å². The van der Waals surface area contributed by atoms with E-state index in [1.165, 1.54) is 29.2 Å². The number of carbonyl (C=O) groups excluding carboxylic acids is 1. The van der Waals surface area contributed by atoms with Crippen LogP contribution in [-0.4, -0.2) is 13.0 Å². The van der Waals surface area contributed by atoms with Crippen molar-refractivity contribution in [3.63, 3.8) is 0 Å². The number of benzene rings is 2. The number of rotatable bonds is 2. The standard InChI is InChI=1S/C17H11FN2O2/c1-20(14-7-5-13(18)6-8-14)17(21)15-9-11-3-2-4-12(10-19)16(11)22-15/h2-9H,1H3. The maximum absolute atomic E-state index is 12.9. The lowest BCUT2D eigenvalue weighted by molar-refractivity contribution is 0.0968. The quantitative estimate of drug-likeness (QED) is 0.723. The summed E-state index contributed by atoms with van der Waals surface area (Å²) in [6.07, 6.45) is 0. The SMILES string of the molecule is CN(C(=O)c1cc2cccc(C#N)c2o1)c1ccc(F)cc1. The van der Waals surface area contributed by atoms with Crippen molar-refractivity contribution in [2.45, 2.75) is 0 Å². The first-order chi connectivity index (χ1) is 10.6. The molecule has 0 unspecified atom stereocenters. The van der Waals surface area contributed by atoms with Crippen LogP contribution in [0.3, 0.4) is 0 Å². The number of nitriles is 1. The highest BCUT2D eigenvalue weighted by molar-refractivity contribution is 6.06. The third-order valence-electron chi connectivity index (χ3n) is 3.39. The van der Waals surface area contributed by atoms with E-state index in [-0.39, 0.29) is 17.5 Å². The maximum atomic E-state index is 12.9. The Morgan fingerprint density at radius 3 is 2.64 bits per heavy atom. The third kappa shape index (κ3) is 2.31. The van der Waals surface area contributed by atoms with Gasteiger partial charge in [-0.1, -0.05) is 12.1 Å². The van der Waals surface area contributed by atoms with Crippen molar-refractivity contribution in [1.82, 2.24) is 0 Å². The zero-order chi connectivity index (χ0) is 15.7. The van der Waals surface area contributed by atoms with E-state index in [2.05, 4.69) is 0 Å². The predicted molar refractivity (Wildman–Crippen MR) is 80.1 cm³/mol. The number of halogens is 1. The van der Waals surface area contributed by atoms with Crippen molar-refractivity contribution in [2.24, 2.45) is 0 Å². The highest BCUT2D eigenvalue weighted by atomic mass is 19.1. The fourth-order valence-electron chi connectivity index (χ4n) is 2.20. The number of nitrogens with zero attached hydrogens (tertiary/aromatic N) is 2. The summed E-state index contributed by atoms with van der Waals surface area (Å²) >= 11 is 0. The Morgan fingerprint density at radius 1 is 1.23 bits per heavy atom. The van der Waals surface area contributed by atoms with E-state index >= 15 is 0 Å². The summed E-state index contributed by atoms with van der Waals surface area (Å²) in [5.74, 6) is -0.608. The number of hydrogen-bond acceptors (Lipinski definition) is 3. The van der Waals surface area contributed by atoms with Crippen molar-refractivity contribution in [2.75, 3.05) is 11.9 Å². The van der Waals surface area contributed by atoms with Crippen LogP contribution in [0.2, 0.25) is 0 Å². The summed E-state index contributed by atoms with van der Waals surface area (Å²) in [5, 5.41) is 9.75. The molecule has 0 aliphatic carbocycles. The first kappa shape index (κ1) is 13.8. The summed E-state index contributed by atoms with van der Waals surface area (Å²) < 4.78 is 18.5. The van der Waals surface area contributed by atoms with Crippen LogP contribution in [0.4, 0.5) is 10.1 Å². The molecule has 0 atom stereocenters. The van der Waals surface area contributed by atoms with Crippen LogP contribution in [0.5, 0.6) is 0 Å². The molecule has 1 aromatic heterocycles. The van der Waals surface area contributed by atoms with E-state index in [0.717, 1.165) is 0 Å². The Balaban J connectivity index is 1.98. The average Bonchev–Trinajstić information content (AvgIpc) is 2.98. The minimum atomic E-state index is -0.369. The van der Waals surface area contributed by atoms with Gasteiger partial charge in [-0.3, -0.25) is 4.79 Å². The van der Waals surface area contributed by atoms with Gasteiger partial charge in [0.05, 0.1) is 5.56 Å². The average molecular weight is 294 g/mol. The Hall–Kier alpha value is -3.13. The second-order valence-corrected chi connectivity index (χ2v) is 4.79. The number of para-hydroxylation sites is 1. The van der Waals surface area contributed by atoms with E-state index in [0.29, 0.717) is 22.2 Å². The van der Waals surface area contributed by atoms with Crippen LogP contribution in [0.15, 0.2) is 52.9 Å². The molecule has 0 N–H and O–H groups in total. The summed E-state index contributed by atoms with van der Waals surface area (Å²) in [6, 6.07) is 14.3. The second-order valence-electron chi connectivity index (χ2n) is 4.79. The molecule has 0 fully saturated rings. The topological polar surface area (TPSA) is 57.2 Å². The van der Waals surface area contributed by atoms with E-state index in [4.69, 9.17) is 9.68 Å². The zero-order valence-corrected chi connectivity index (χ0v) is 11.7. The summed E-state index contributed by atoms with van der Waals surface area (Å²) in [6.45, 7) is 0. The largest absolute Gasteiger partial charge is 0.449 e. The molecule has 108 valence electrons. The molecule has 22 heavy (non-hydrogen) atoms. The van der Waals surface area contributed by atoms with Crippen molar-refractivity contribution >= 4 is 22.6 Å². The number of carbonyl (C=O) groups is 1. The molecule has 0 saturated heterocycles. The van der Waals surface area contributed by atoms with Crippen molar-refractivity contribution in [1.29, 1.82) is 5.26 Å². The van der Waals surface area contributed by atoms with Crippen LogP contribution in [-0.2, 0) is 0 Å². The number of hydrogen-bond donors (Lipinski definition) is 0. The van der Waals surface area contributed by atoms with Gasteiger partial charge in [-0.05, 0) is 36.4 Å². The lowest BCUT2D eigenvalue weighted by Gasteiger charge is -2.15. The summed E-state index contributed by atoms with van der Waals surface area (Å²) in [4.78, 5) is 13.8. The minimum Gasteiger partial charge on any atom is -0.449 e. The molecule has 3 rings (SSSR count). The fraction of sp³-hybridized carbons (Fsp3) is 0.0588. The van der Waals surface area contributed by atoms with Gasteiger partial charge < -0.3 is 9.32 Å². The fourth-order valence-corrected chi connectivity index (χ4v) is 2.20. The summed E-state index contributed by atoms with van der Waals surface area (Å²) in [7, 11) is 1.58. The van der Waals surface area contributed by atoms with Crippen LogP contribution in [0.25, 0.3) is 11.0 Å². The van der Waals surface area contributed by atoms with Gasteiger partial charge in [-0.2, -0.15) is 5.26 Å². The molecule has 0 bridgehead atoms. The molecule has 0 saturated carbocycles. The zero-order valence-electron chi connectivity index (χ0n) is 11.7. The molecule has 2 aromatic carbocycles. The number of furan rings is 1. The Labute approximate surface area is 126 Å². The van der Waals surface area contributed by atoms with Gasteiger partial charge in [0, 0.05) is 18.1 Å². The monoisotopic (exact) mass is 294 g/mol. The Morgan fingerprint density at radius 2 is 1.95 bits per heavy atom. The number of amides is 1. The molecular formula is C17H11FN2O2. The molecule has 0 spiro atoms. The smallest absolute Gasteiger partial charge is 0.293 e. The van der Waals surface area contributed by atoms with Gasteiger partial charge in [0.1, 0.15) is 11.9 Å². The number of anilines is 1. The lowest BCUT2D eigenvalue weighted by Crippen LogP contribution is -2.25. The molecule has 3 aromatic rings. The molecule has 0 radical (unpaired) electrons. The van der Waals surface area contributed by atoms with Crippen molar-refractivity contribution in [3.05, 3.63) is 65.7 Å². The van der Waals surface area contributed by atoms with Gasteiger partial charge in [-0.25, -0.2) is 4.39 Å². The van der Waals surface area contributed by atoms with E-state index in [9.17, 15) is 9.18 Å². The Kier molecular flexibility index (Phi) is 3.36. The first-order valence-corrected chi connectivity index (χ1v) is 6.56. The molecule has 1 amide bonds. The molecule has 5 heteroatoms. The molecular weight excluding hydrogens is 283 g/mol. The summed E-state index contributed by atoms with van der Waals surface area (Å²) in [5.41, 5.74) is 1.31. The second kappa shape index (κ2) is 5.34. The van der Waals surface area contributed by atoms with E-state index in [1.54, 1.807) is 31.3 Å². The van der Waals surface area contributed by atoms with Crippen LogP contribution in [0, 0.1) is 17.1 Å². The molecule has 4 nitrogen and oxygen atoms in total. The molecule has 0 aliphatic heterocycles. The predicted octanol–water partition coefficient (Wildman–Crippen LogP) is 3.72. The first-order valence-electron chi connectivity index (χ1n) is 6.56. The van der Waals surface area contributed by atoms with Crippen molar-refractivity contribution < 1.29 is 13.6 Å². The molecule has 1 heterocycles. The number of fused-ring (bicyclic) bond motifs is 1.